The van der Waals surface area contributed by atoms with Gasteiger partial charge in [0.1, 0.15) is 17.2 Å². The molecule has 0 aliphatic carbocycles. The number of rotatable bonds is 3. The topological polar surface area (TPSA) is 99.4 Å². The third kappa shape index (κ3) is 2.03. The van der Waals surface area contributed by atoms with Crippen LogP contribution in [0.5, 0.6) is 0 Å². The zero-order chi connectivity index (χ0) is 8.97. The van der Waals surface area contributed by atoms with Gasteiger partial charge < -0.3 is 15.1 Å². The Hall–Kier alpha value is -0.915. The average Bonchev–Trinajstić information content (AvgIpc) is 2.16. The van der Waals surface area contributed by atoms with Crippen LogP contribution in [0.25, 0.3) is 0 Å². The maximum absolute atomic E-state index is 8.66. The molecule has 0 saturated heterocycles. The van der Waals surface area contributed by atoms with Gasteiger partial charge in [-0.15, -0.1) is 0 Å². The minimum absolute atomic E-state index is 0.151. The molecule has 0 unspecified atom stereocenters. The molecule has 1 heterocycles. The SMILES string of the molecule is OBc1nc(BO)nc(BO)n1. The molecule has 0 atom stereocenters. The number of hydrogen-bond acceptors (Lipinski definition) is 6. The molecule has 1 rings (SSSR count). The van der Waals surface area contributed by atoms with Crippen molar-refractivity contribution in [1.82, 2.24) is 15.0 Å². The fourth-order valence-electron chi connectivity index (χ4n) is 0.734. The van der Waals surface area contributed by atoms with E-state index in [1.807, 2.05) is 0 Å². The van der Waals surface area contributed by atoms with Crippen LogP contribution in [0, 0.1) is 0 Å². The Kier molecular flexibility index (Phi) is 3.21. The number of nitrogens with zero attached hydrogens (tertiary/aromatic N) is 3. The van der Waals surface area contributed by atoms with E-state index in [1.165, 1.54) is 0 Å². The first-order valence-electron chi connectivity index (χ1n) is 3.35. The monoisotopic (exact) mass is 165 g/mol. The first kappa shape index (κ1) is 9.18. The van der Waals surface area contributed by atoms with Crippen LogP contribution in [0.4, 0.5) is 0 Å². The Morgan fingerprint density at radius 2 is 0.917 bits per heavy atom. The van der Waals surface area contributed by atoms with Crippen molar-refractivity contribution in [3.05, 3.63) is 0 Å². The molecule has 0 aliphatic heterocycles. The van der Waals surface area contributed by atoms with Gasteiger partial charge >= 0.3 is 22.4 Å². The number of hydrogen-bond donors (Lipinski definition) is 3. The summed E-state index contributed by atoms with van der Waals surface area (Å²) in [5.41, 5.74) is 0.453. The minimum Gasteiger partial charge on any atom is -0.447 e. The van der Waals surface area contributed by atoms with Crippen LogP contribution in [0.1, 0.15) is 0 Å². The smallest absolute Gasteiger partial charge is 0.350 e. The highest BCUT2D eigenvalue weighted by atomic mass is 16.2. The van der Waals surface area contributed by atoms with Crippen molar-refractivity contribution in [2.75, 3.05) is 0 Å². The van der Waals surface area contributed by atoms with Gasteiger partial charge in [0.05, 0.1) is 0 Å². The molecule has 0 saturated carbocycles. The molecule has 3 N–H and O–H groups in total. The first-order valence-corrected chi connectivity index (χ1v) is 3.35. The molecule has 12 heavy (non-hydrogen) atoms. The van der Waals surface area contributed by atoms with E-state index in [4.69, 9.17) is 15.1 Å². The standard InChI is InChI=1S/C3H6B3N3O3/c10-4-1-7-2(5-11)9-3(6-12)8-1/h4-6,10-12H. The van der Waals surface area contributed by atoms with Gasteiger partial charge in [-0.1, -0.05) is 0 Å². The Morgan fingerprint density at radius 3 is 1.08 bits per heavy atom. The van der Waals surface area contributed by atoms with Crippen molar-refractivity contribution in [2.24, 2.45) is 0 Å². The van der Waals surface area contributed by atoms with Crippen LogP contribution in [0.3, 0.4) is 0 Å². The van der Waals surface area contributed by atoms with Crippen molar-refractivity contribution in [1.29, 1.82) is 0 Å². The van der Waals surface area contributed by atoms with Crippen LogP contribution in [-0.4, -0.2) is 52.5 Å². The normalized spacial score (nSPS) is 9.25. The van der Waals surface area contributed by atoms with E-state index in [1.54, 1.807) is 0 Å². The van der Waals surface area contributed by atoms with Crippen molar-refractivity contribution < 1.29 is 15.1 Å². The molecule has 0 bridgehead atoms. The van der Waals surface area contributed by atoms with Crippen LogP contribution in [0.15, 0.2) is 0 Å². The van der Waals surface area contributed by atoms with Crippen LogP contribution in [-0.2, 0) is 0 Å². The van der Waals surface area contributed by atoms with Gasteiger partial charge in [0, 0.05) is 0 Å². The molecular weight excluding hydrogens is 158 g/mol. The van der Waals surface area contributed by atoms with Crippen molar-refractivity contribution in [2.45, 2.75) is 0 Å². The molecule has 0 amide bonds. The van der Waals surface area contributed by atoms with E-state index in [-0.39, 0.29) is 39.6 Å². The first-order chi connectivity index (χ1) is 5.80. The lowest BCUT2D eigenvalue weighted by Gasteiger charge is -1.99. The van der Waals surface area contributed by atoms with Crippen molar-refractivity contribution in [3.8, 4) is 0 Å². The Balaban J connectivity index is 3.01. The van der Waals surface area contributed by atoms with Crippen LogP contribution in [0.2, 0.25) is 0 Å². The predicted molar refractivity (Wildman–Crippen MR) is 46.8 cm³/mol. The Bertz CT molecular complexity index is 217. The van der Waals surface area contributed by atoms with Crippen molar-refractivity contribution in [3.63, 3.8) is 0 Å². The summed E-state index contributed by atoms with van der Waals surface area (Å²) in [6.07, 6.45) is 0. The highest BCUT2D eigenvalue weighted by Gasteiger charge is 2.06. The molecular formula is C3H6B3N3O3. The van der Waals surface area contributed by atoms with Crippen molar-refractivity contribution >= 4 is 39.6 Å². The van der Waals surface area contributed by atoms with Gasteiger partial charge in [-0.3, -0.25) is 0 Å². The van der Waals surface area contributed by atoms with E-state index in [2.05, 4.69) is 15.0 Å². The Morgan fingerprint density at radius 1 is 0.667 bits per heavy atom. The molecule has 6 nitrogen and oxygen atoms in total. The summed E-state index contributed by atoms with van der Waals surface area (Å²) < 4.78 is 0. The second-order valence-electron chi connectivity index (χ2n) is 2.06. The molecule has 1 aromatic rings. The van der Waals surface area contributed by atoms with Gasteiger partial charge in [0.25, 0.3) is 0 Å². The molecule has 0 radical (unpaired) electrons. The quantitative estimate of drug-likeness (QED) is 0.385. The maximum Gasteiger partial charge on any atom is 0.350 e. The average molecular weight is 165 g/mol. The predicted octanol–water partition coefficient (Wildman–Crippen LogP) is -6.22. The summed E-state index contributed by atoms with van der Waals surface area (Å²) in [5.74, 6) is 0. The lowest BCUT2D eigenvalue weighted by atomic mass is 9.94. The molecule has 0 fully saturated rings. The highest BCUT2D eigenvalue weighted by Crippen LogP contribution is 1.58. The summed E-state index contributed by atoms with van der Waals surface area (Å²) >= 11 is 0. The Labute approximate surface area is 70.5 Å². The van der Waals surface area contributed by atoms with Gasteiger partial charge in [-0.25, -0.2) is 15.0 Å². The second kappa shape index (κ2) is 4.20. The highest BCUT2D eigenvalue weighted by molar-refractivity contribution is 6.49. The van der Waals surface area contributed by atoms with Gasteiger partial charge in [0.15, 0.2) is 0 Å². The fraction of sp³-hybridized carbons (Fsp3) is 0. The van der Waals surface area contributed by atoms with Crippen LogP contribution < -0.4 is 17.2 Å². The second-order valence-corrected chi connectivity index (χ2v) is 2.06. The van der Waals surface area contributed by atoms with Gasteiger partial charge in [-0.05, 0) is 0 Å². The van der Waals surface area contributed by atoms with Gasteiger partial charge in [0.2, 0.25) is 0 Å². The summed E-state index contributed by atoms with van der Waals surface area (Å²) in [7, 11) is -0.993. The fourth-order valence-corrected chi connectivity index (χ4v) is 0.734. The summed E-state index contributed by atoms with van der Waals surface area (Å²) in [4.78, 5) is 11.1. The lowest BCUT2D eigenvalue weighted by Crippen LogP contribution is -2.43. The third-order valence-corrected chi connectivity index (χ3v) is 1.20. The minimum atomic E-state index is -0.331. The largest absolute Gasteiger partial charge is 0.447 e. The molecule has 1 aromatic heterocycles. The van der Waals surface area contributed by atoms with E-state index in [9.17, 15) is 0 Å². The summed E-state index contributed by atoms with van der Waals surface area (Å²) in [5, 5.41) is 26.0. The molecule has 9 heteroatoms. The zero-order valence-electron chi connectivity index (χ0n) is 6.30. The van der Waals surface area contributed by atoms with E-state index < -0.39 is 0 Å². The molecule has 60 valence electrons. The van der Waals surface area contributed by atoms with E-state index >= 15 is 0 Å². The number of aromatic nitrogens is 3. The summed E-state index contributed by atoms with van der Waals surface area (Å²) in [6, 6.07) is 0. The molecule has 0 aromatic carbocycles. The molecule has 0 spiro atoms. The van der Waals surface area contributed by atoms with E-state index in [0.29, 0.717) is 0 Å². The van der Waals surface area contributed by atoms with Gasteiger partial charge in [-0.2, -0.15) is 0 Å². The van der Waals surface area contributed by atoms with E-state index in [0.717, 1.165) is 0 Å². The lowest BCUT2D eigenvalue weighted by molar-refractivity contribution is 0.607. The molecule has 0 aliphatic rings. The summed E-state index contributed by atoms with van der Waals surface area (Å²) in [6.45, 7) is 0. The maximum atomic E-state index is 8.66. The van der Waals surface area contributed by atoms with Crippen LogP contribution >= 0.6 is 0 Å². The third-order valence-electron chi connectivity index (χ3n) is 1.20. The zero-order valence-corrected chi connectivity index (χ0v) is 6.30.